The molecule has 2 amide bonds. The number of amides is 2. The van der Waals surface area contributed by atoms with Crippen LogP contribution in [0.4, 0.5) is 10.6 Å². The predicted octanol–water partition coefficient (Wildman–Crippen LogP) is 2.80. The van der Waals surface area contributed by atoms with Gasteiger partial charge in [0.15, 0.2) is 5.82 Å². The molecule has 10 heteroatoms. The number of aliphatic hydroxyl groups excluding tert-OH is 1. The number of aliphatic hydroxyl groups is 2. The van der Waals surface area contributed by atoms with Crippen molar-refractivity contribution in [3.8, 4) is 0 Å². The molecule has 0 saturated heterocycles. The van der Waals surface area contributed by atoms with Crippen LogP contribution in [-0.4, -0.2) is 68.3 Å². The van der Waals surface area contributed by atoms with Gasteiger partial charge in [0.25, 0.3) is 0 Å². The van der Waals surface area contributed by atoms with Crippen molar-refractivity contribution in [1.82, 2.24) is 19.9 Å². The molecule has 0 fully saturated rings. The van der Waals surface area contributed by atoms with Crippen LogP contribution in [0.15, 0.2) is 24.3 Å². The molecular weight excluding hydrogens is 438 g/mol. The number of urea groups is 1. The van der Waals surface area contributed by atoms with E-state index in [1.165, 1.54) is 0 Å². The van der Waals surface area contributed by atoms with Crippen molar-refractivity contribution in [3.05, 3.63) is 30.1 Å². The van der Waals surface area contributed by atoms with E-state index in [-0.39, 0.29) is 26.4 Å². The third-order valence-corrected chi connectivity index (χ3v) is 5.14. The predicted molar refractivity (Wildman–Crippen MR) is 131 cm³/mol. The topological polar surface area (TPSA) is 131 Å². The summed E-state index contributed by atoms with van der Waals surface area (Å²) in [6, 6.07) is 7.16. The fourth-order valence-corrected chi connectivity index (χ4v) is 3.52. The summed E-state index contributed by atoms with van der Waals surface area (Å²) in [7, 11) is 0. The lowest BCUT2D eigenvalue weighted by molar-refractivity contribution is -0.0511. The van der Waals surface area contributed by atoms with E-state index < -0.39 is 17.2 Å². The summed E-state index contributed by atoms with van der Waals surface area (Å²) in [6.07, 6.45) is 0. The minimum atomic E-state index is -0.994. The first-order chi connectivity index (χ1) is 16.0. The number of hydrogen-bond acceptors (Lipinski definition) is 7. The van der Waals surface area contributed by atoms with E-state index in [2.05, 4.69) is 15.6 Å². The van der Waals surface area contributed by atoms with Crippen LogP contribution in [0.25, 0.3) is 21.9 Å². The maximum atomic E-state index is 12.6. The van der Waals surface area contributed by atoms with E-state index in [0.717, 1.165) is 10.9 Å². The number of nitrogens with one attached hydrogen (secondary N) is 2. The number of benzene rings is 1. The van der Waals surface area contributed by atoms with Gasteiger partial charge in [-0.1, -0.05) is 18.2 Å². The molecule has 0 radical (unpaired) electrons. The van der Waals surface area contributed by atoms with Crippen molar-refractivity contribution in [1.29, 1.82) is 0 Å². The van der Waals surface area contributed by atoms with Gasteiger partial charge in [0.05, 0.1) is 42.0 Å². The van der Waals surface area contributed by atoms with Crippen molar-refractivity contribution in [2.45, 2.75) is 59.0 Å². The summed E-state index contributed by atoms with van der Waals surface area (Å²) in [5.74, 6) is 0.954. The first-order valence-corrected chi connectivity index (χ1v) is 11.4. The number of ether oxygens (including phenoxy) is 2. The molecule has 0 unspecified atom stereocenters. The van der Waals surface area contributed by atoms with Crippen LogP contribution in [0, 0.1) is 0 Å². The van der Waals surface area contributed by atoms with Gasteiger partial charge in [0.1, 0.15) is 17.9 Å². The fourth-order valence-electron chi connectivity index (χ4n) is 3.52. The summed E-state index contributed by atoms with van der Waals surface area (Å²) in [6.45, 7) is 10.4. The lowest BCUT2D eigenvalue weighted by Gasteiger charge is -2.22. The van der Waals surface area contributed by atoms with E-state index >= 15 is 0 Å². The Balaban J connectivity index is 1.95. The second-order valence-corrected chi connectivity index (χ2v) is 9.39. The van der Waals surface area contributed by atoms with Gasteiger partial charge >= 0.3 is 6.03 Å². The van der Waals surface area contributed by atoms with Crippen molar-refractivity contribution < 1.29 is 24.5 Å². The lowest BCUT2D eigenvalue weighted by Crippen LogP contribution is -2.36. The van der Waals surface area contributed by atoms with Crippen LogP contribution in [0.3, 0.4) is 0 Å². The minimum absolute atomic E-state index is 0.116. The largest absolute Gasteiger partial charge is 0.393 e. The molecule has 2 aromatic heterocycles. The molecule has 3 aromatic rings. The zero-order valence-corrected chi connectivity index (χ0v) is 20.5. The van der Waals surface area contributed by atoms with Crippen LogP contribution < -0.4 is 10.6 Å². The highest BCUT2D eigenvalue weighted by molar-refractivity contribution is 6.09. The van der Waals surface area contributed by atoms with Crippen LogP contribution in [-0.2, 0) is 22.6 Å². The third-order valence-electron chi connectivity index (χ3n) is 5.14. The van der Waals surface area contributed by atoms with E-state index in [1.807, 2.05) is 35.8 Å². The van der Waals surface area contributed by atoms with Gasteiger partial charge < -0.3 is 29.6 Å². The average molecular weight is 474 g/mol. The number of pyridine rings is 1. The van der Waals surface area contributed by atoms with Crippen LogP contribution in [0.5, 0.6) is 0 Å². The van der Waals surface area contributed by atoms with Gasteiger partial charge in [-0.05, 0) is 40.7 Å². The molecule has 0 aliphatic carbocycles. The monoisotopic (exact) mass is 473 g/mol. The molecule has 0 aliphatic rings. The molecule has 34 heavy (non-hydrogen) atoms. The Bertz CT molecular complexity index is 1140. The van der Waals surface area contributed by atoms with Crippen LogP contribution in [0.1, 0.15) is 40.4 Å². The number of rotatable bonds is 11. The van der Waals surface area contributed by atoms with Crippen molar-refractivity contribution >= 4 is 33.8 Å². The van der Waals surface area contributed by atoms with Gasteiger partial charge in [0, 0.05) is 18.5 Å². The van der Waals surface area contributed by atoms with E-state index in [0.29, 0.717) is 35.8 Å². The first-order valence-electron chi connectivity index (χ1n) is 11.4. The molecule has 1 aromatic carbocycles. The number of hydrogen-bond donors (Lipinski definition) is 4. The normalized spacial score (nSPS) is 12.4. The van der Waals surface area contributed by atoms with Gasteiger partial charge in [-0.15, -0.1) is 0 Å². The second-order valence-electron chi connectivity index (χ2n) is 9.39. The Morgan fingerprint density at radius 1 is 1.18 bits per heavy atom. The maximum absolute atomic E-state index is 12.6. The highest BCUT2D eigenvalue weighted by Crippen LogP contribution is 2.31. The first kappa shape index (κ1) is 25.8. The zero-order chi connectivity index (χ0) is 24.9. The van der Waals surface area contributed by atoms with Gasteiger partial charge in [0.2, 0.25) is 0 Å². The zero-order valence-electron chi connectivity index (χ0n) is 20.5. The molecule has 0 saturated carbocycles. The average Bonchev–Trinajstić information content (AvgIpc) is 3.12. The number of imidazole rings is 1. The Morgan fingerprint density at radius 3 is 2.59 bits per heavy atom. The second kappa shape index (κ2) is 10.6. The number of carbonyl (C=O) groups is 1. The standard InChI is InChI=1S/C24H35N5O5/c1-6-33-13-18-27-19-20(29(18)14-23(2,3)32)16-9-7-8-10-17(16)26-21(19)28-22(31)25-11-12-34-24(4,5)15-30/h7-10,30,32H,6,11-15H2,1-5H3,(H2,25,26,28,31). The number of aromatic nitrogens is 3. The number of carbonyl (C=O) groups excluding carboxylic acids is 1. The molecule has 0 bridgehead atoms. The highest BCUT2D eigenvalue weighted by atomic mass is 16.5. The fraction of sp³-hybridized carbons (Fsp3) is 0.542. The van der Waals surface area contributed by atoms with Crippen molar-refractivity contribution in [2.75, 3.05) is 31.7 Å². The van der Waals surface area contributed by atoms with E-state index in [1.54, 1.807) is 27.7 Å². The molecule has 0 aliphatic heterocycles. The van der Waals surface area contributed by atoms with Crippen LogP contribution >= 0.6 is 0 Å². The molecule has 4 N–H and O–H groups in total. The molecule has 3 rings (SSSR count). The molecule has 2 heterocycles. The summed E-state index contributed by atoms with van der Waals surface area (Å²) < 4.78 is 13.1. The molecule has 0 atom stereocenters. The molecule has 0 spiro atoms. The molecular formula is C24H35N5O5. The number of para-hydroxylation sites is 1. The molecule has 186 valence electrons. The van der Waals surface area contributed by atoms with Crippen molar-refractivity contribution in [3.63, 3.8) is 0 Å². The summed E-state index contributed by atoms with van der Waals surface area (Å²) >= 11 is 0. The van der Waals surface area contributed by atoms with E-state index in [9.17, 15) is 15.0 Å². The number of anilines is 1. The van der Waals surface area contributed by atoms with Crippen LogP contribution in [0.2, 0.25) is 0 Å². The van der Waals surface area contributed by atoms with Crippen molar-refractivity contribution in [2.24, 2.45) is 0 Å². The highest BCUT2D eigenvalue weighted by Gasteiger charge is 2.24. The van der Waals surface area contributed by atoms with Gasteiger partial charge in [-0.3, -0.25) is 5.32 Å². The molecule has 10 nitrogen and oxygen atoms in total. The lowest BCUT2D eigenvalue weighted by atomic mass is 10.1. The number of fused-ring (bicyclic) bond motifs is 3. The summed E-state index contributed by atoms with van der Waals surface area (Å²) in [5.41, 5.74) is 0.315. The third kappa shape index (κ3) is 6.41. The van der Waals surface area contributed by atoms with Gasteiger partial charge in [-0.2, -0.15) is 0 Å². The maximum Gasteiger partial charge on any atom is 0.320 e. The van der Waals surface area contributed by atoms with E-state index in [4.69, 9.17) is 14.5 Å². The van der Waals surface area contributed by atoms with Gasteiger partial charge in [-0.25, -0.2) is 14.8 Å². The SMILES string of the molecule is CCOCc1nc2c(NC(=O)NCCOC(C)(C)CO)nc3ccccc3c2n1CC(C)(C)O. The number of nitrogens with zero attached hydrogens (tertiary/aromatic N) is 3. The summed E-state index contributed by atoms with van der Waals surface area (Å²) in [5, 5.41) is 26.2. The Morgan fingerprint density at radius 2 is 1.91 bits per heavy atom. The minimum Gasteiger partial charge on any atom is -0.393 e. The summed E-state index contributed by atoms with van der Waals surface area (Å²) in [4.78, 5) is 22.0. The Labute approximate surface area is 199 Å². The smallest absolute Gasteiger partial charge is 0.320 e. The Kier molecular flexibility index (Phi) is 8.09. The quantitative estimate of drug-likeness (QED) is 0.315. The Hall–Kier alpha value is -2.79.